The Bertz CT molecular complexity index is 410. The SMILES string of the molecule is CNS(=O)(=O)CCn1ccnc1C=O. The molecule has 6 nitrogen and oxygen atoms in total. The molecule has 0 saturated heterocycles. The molecule has 0 bridgehead atoms. The minimum absolute atomic E-state index is 0.0688. The third-order valence-electron chi connectivity index (χ3n) is 1.77. The van der Waals surface area contributed by atoms with Crippen LogP contribution in [-0.2, 0) is 16.6 Å². The Kier molecular flexibility index (Phi) is 3.37. The average molecular weight is 217 g/mol. The van der Waals surface area contributed by atoms with Crippen LogP contribution in [0, 0.1) is 0 Å². The number of aryl methyl sites for hydroxylation is 1. The maximum atomic E-state index is 11.1. The molecule has 1 aromatic heterocycles. The van der Waals surface area contributed by atoms with E-state index in [1.807, 2.05) is 0 Å². The molecule has 0 aliphatic rings. The van der Waals surface area contributed by atoms with Crippen LogP contribution in [-0.4, -0.2) is 37.1 Å². The molecule has 1 rings (SSSR count). The number of rotatable bonds is 5. The van der Waals surface area contributed by atoms with Crippen molar-refractivity contribution in [2.24, 2.45) is 0 Å². The van der Waals surface area contributed by atoms with Gasteiger partial charge in [-0.05, 0) is 7.05 Å². The van der Waals surface area contributed by atoms with Crippen molar-refractivity contribution in [1.82, 2.24) is 14.3 Å². The molecule has 0 radical (unpaired) electrons. The highest BCUT2D eigenvalue weighted by Crippen LogP contribution is 1.95. The van der Waals surface area contributed by atoms with E-state index in [0.717, 1.165) is 0 Å². The molecular formula is C7H11N3O3S. The van der Waals surface area contributed by atoms with E-state index in [1.54, 1.807) is 6.20 Å². The summed E-state index contributed by atoms with van der Waals surface area (Å²) in [4.78, 5) is 14.2. The smallest absolute Gasteiger partial charge is 0.213 e. The first-order valence-corrected chi connectivity index (χ1v) is 5.62. The molecule has 0 unspecified atom stereocenters. The van der Waals surface area contributed by atoms with Crippen LogP contribution in [0.25, 0.3) is 0 Å². The number of imidazole rings is 1. The second-order valence-corrected chi connectivity index (χ2v) is 4.67. The highest BCUT2D eigenvalue weighted by Gasteiger charge is 2.08. The molecular weight excluding hydrogens is 206 g/mol. The van der Waals surface area contributed by atoms with Crippen molar-refractivity contribution < 1.29 is 13.2 Å². The fraction of sp³-hybridized carbons (Fsp3) is 0.429. The van der Waals surface area contributed by atoms with Gasteiger partial charge >= 0.3 is 0 Å². The molecule has 0 atom stereocenters. The van der Waals surface area contributed by atoms with E-state index in [4.69, 9.17) is 0 Å². The Morgan fingerprint density at radius 1 is 1.64 bits per heavy atom. The van der Waals surface area contributed by atoms with Gasteiger partial charge in [0.05, 0.1) is 5.75 Å². The minimum Gasteiger partial charge on any atom is -0.328 e. The molecule has 0 aliphatic heterocycles. The number of hydrogen-bond acceptors (Lipinski definition) is 4. The van der Waals surface area contributed by atoms with Gasteiger partial charge in [-0.1, -0.05) is 0 Å². The number of nitrogens with one attached hydrogen (secondary N) is 1. The van der Waals surface area contributed by atoms with Crippen LogP contribution in [0.15, 0.2) is 12.4 Å². The van der Waals surface area contributed by atoms with Gasteiger partial charge < -0.3 is 4.57 Å². The molecule has 0 aliphatic carbocycles. The number of carbonyl (C=O) groups is 1. The summed E-state index contributed by atoms with van der Waals surface area (Å²) in [5, 5.41) is 0. The highest BCUT2D eigenvalue weighted by atomic mass is 32.2. The average Bonchev–Trinajstić information content (AvgIpc) is 2.62. The second kappa shape index (κ2) is 4.34. The topological polar surface area (TPSA) is 81.1 Å². The number of aldehydes is 1. The lowest BCUT2D eigenvalue weighted by Gasteiger charge is -2.04. The maximum absolute atomic E-state index is 11.1. The molecule has 1 heterocycles. The van der Waals surface area contributed by atoms with Gasteiger partial charge in [0.15, 0.2) is 12.1 Å². The van der Waals surface area contributed by atoms with Crippen LogP contribution >= 0.6 is 0 Å². The van der Waals surface area contributed by atoms with Crippen molar-refractivity contribution >= 4 is 16.3 Å². The summed E-state index contributed by atoms with van der Waals surface area (Å²) in [6, 6.07) is 0. The van der Waals surface area contributed by atoms with E-state index < -0.39 is 10.0 Å². The molecule has 0 saturated carbocycles. The van der Waals surface area contributed by atoms with E-state index >= 15 is 0 Å². The van der Waals surface area contributed by atoms with Gasteiger partial charge in [-0.25, -0.2) is 18.1 Å². The lowest BCUT2D eigenvalue weighted by molar-refractivity contribution is 0.111. The van der Waals surface area contributed by atoms with Crippen LogP contribution in [0.5, 0.6) is 0 Å². The lowest BCUT2D eigenvalue weighted by Crippen LogP contribution is -2.25. The standard InChI is InChI=1S/C7H11N3O3S/c1-8-14(12,13)5-4-10-3-2-9-7(10)6-11/h2-3,6,8H,4-5H2,1H3. The first kappa shape index (κ1) is 10.9. The number of hydrogen-bond donors (Lipinski definition) is 1. The third kappa shape index (κ3) is 2.64. The number of carbonyl (C=O) groups excluding carboxylic acids is 1. The van der Waals surface area contributed by atoms with Gasteiger partial charge in [0.2, 0.25) is 10.0 Å². The van der Waals surface area contributed by atoms with Crippen LogP contribution in [0.2, 0.25) is 0 Å². The molecule has 1 aromatic rings. The summed E-state index contributed by atoms with van der Waals surface area (Å²) in [7, 11) is -1.88. The van der Waals surface area contributed by atoms with E-state index in [1.165, 1.54) is 17.8 Å². The first-order valence-electron chi connectivity index (χ1n) is 3.96. The molecule has 14 heavy (non-hydrogen) atoms. The summed E-state index contributed by atoms with van der Waals surface area (Å²) >= 11 is 0. The first-order chi connectivity index (χ1) is 6.59. The van der Waals surface area contributed by atoms with E-state index in [9.17, 15) is 13.2 Å². The summed E-state index contributed by atoms with van der Waals surface area (Å²) in [6.07, 6.45) is 3.61. The Morgan fingerprint density at radius 2 is 2.36 bits per heavy atom. The van der Waals surface area contributed by atoms with Crippen LogP contribution in [0.4, 0.5) is 0 Å². The fourth-order valence-corrected chi connectivity index (χ4v) is 1.59. The largest absolute Gasteiger partial charge is 0.328 e. The Morgan fingerprint density at radius 3 is 2.93 bits per heavy atom. The van der Waals surface area contributed by atoms with Gasteiger partial charge in [-0.15, -0.1) is 0 Å². The molecule has 0 aromatic carbocycles. The number of aromatic nitrogens is 2. The minimum atomic E-state index is -3.24. The normalized spacial score (nSPS) is 11.5. The summed E-state index contributed by atoms with van der Waals surface area (Å²) < 4.78 is 25.8. The fourth-order valence-electron chi connectivity index (χ4n) is 0.948. The predicted octanol–water partition coefficient (Wildman–Crippen LogP) is -0.755. The van der Waals surface area contributed by atoms with Gasteiger partial charge in [-0.3, -0.25) is 4.79 Å². The summed E-state index contributed by atoms with van der Waals surface area (Å²) in [5.74, 6) is 0.164. The Labute approximate surface area is 82.0 Å². The van der Waals surface area contributed by atoms with Crippen molar-refractivity contribution in [3.8, 4) is 0 Å². The van der Waals surface area contributed by atoms with E-state index in [-0.39, 0.29) is 18.1 Å². The van der Waals surface area contributed by atoms with Gasteiger partial charge in [-0.2, -0.15) is 0 Å². The molecule has 7 heteroatoms. The van der Waals surface area contributed by atoms with Crippen molar-refractivity contribution in [2.45, 2.75) is 6.54 Å². The molecule has 1 N–H and O–H groups in total. The van der Waals surface area contributed by atoms with Gasteiger partial charge in [0, 0.05) is 18.9 Å². The van der Waals surface area contributed by atoms with Gasteiger partial charge in [0.25, 0.3) is 0 Å². The zero-order chi connectivity index (χ0) is 10.6. The highest BCUT2D eigenvalue weighted by molar-refractivity contribution is 7.89. The molecule has 0 amide bonds. The van der Waals surface area contributed by atoms with E-state index in [0.29, 0.717) is 6.29 Å². The van der Waals surface area contributed by atoms with E-state index in [2.05, 4.69) is 9.71 Å². The zero-order valence-corrected chi connectivity index (χ0v) is 8.49. The van der Waals surface area contributed by atoms with Crippen molar-refractivity contribution in [2.75, 3.05) is 12.8 Å². The van der Waals surface area contributed by atoms with Crippen molar-refractivity contribution in [1.29, 1.82) is 0 Å². The van der Waals surface area contributed by atoms with Crippen LogP contribution in [0.3, 0.4) is 0 Å². The Hall–Kier alpha value is -1.21. The number of sulfonamides is 1. The molecule has 0 spiro atoms. The lowest BCUT2D eigenvalue weighted by atomic mass is 10.6. The molecule has 0 fully saturated rings. The number of nitrogens with zero attached hydrogens (tertiary/aromatic N) is 2. The molecule has 78 valence electrons. The van der Waals surface area contributed by atoms with Crippen molar-refractivity contribution in [3.63, 3.8) is 0 Å². The quantitative estimate of drug-likeness (QED) is 0.658. The van der Waals surface area contributed by atoms with Crippen LogP contribution in [0.1, 0.15) is 10.6 Å². The second-order valence-electron chi connectivity index (χ2n) is 2.62. The predicted molar refractivity (Wildman–Crippen MR) is 50.5 cm³/mol. The van der Waals surface area contributed by atoms with Crippen LogP contribution < -0.4 is 4.72 Å². The Balaban J connectivity index is 2.67. The summed E-state index contributed by atoms with van der Waals surface area (Å²) in [6.45, 7) is 0.219. The maximum Gasteiger partial charge on any atom is 0.213 e. The van der Waals surface area contributed by atoms with Crippen molar-refractivity contribution in [3.05, 3.63) is 18.2 Å². The monoisotopic (exact) mass is 217 g/mol. The zero-order valence-electron chi connectivity index (χ0n) is 7.67. The third-order valence-corrected chi connectivity index (χ3v) is 3.11. The summed E-state index contributed by atoms with van der Waals surface area (Å²) in [5.41, 5.74) is 0. The van der Waals surface area contributed by atoms with Gasteiger partial charge in [0.1, 0.15) is 0 Å².